The summed E-state index contributed by atoms with van der Waals surface area (Å²) >= 11 is 0. The molecule has 0 fully saturated rings. The normalized spacial score (nSPS) is 11.6. The minimum Gasteiger partial charge on any atom is -0.444 e. The zero-order valence-electron chi connectivity index (χ0n) is 17.1. The quantitative estimate of drug-likeness (QED) is 0.522. The van der Waals surface area contributed by atoms with Crippen molar-refractivity contribution in [2.24, 2.45) is 4.99 Å². The summed E-state index contributed by atoms with van der Waals surface area (Å²) in [6, 6.07) is 17.9. The molecule has 0 aliphatic heterocycles. The third-order valence-electron chi connectivity index (χ3n) is 3.83. The zero-order chi connectivity index (χ0) is 20.4. The number of hydrogen-bond donors (Lipinski definition) is 3. The highest BCUT2D eigenvalue weighted by molar-refractivity contribution is 5.84. The molecule has 6 heteroatoms. The standard InChI is InChI=1S/C22H30N4O2/c1-22(2,3)28-21(27)26-19-12-10-17(11-13-19)14-15-24-20(23-4)25-16-18-8-6-5-7-9-18/h5-13H,14-16H2,1-4H3,(H,26,27)(H2,23,24,25). The second-order valence-corrected chi connectivity index (χ2v) is 7.41. The molecule has 150 valence electrons. The van der Waals surface area contributed by atoms with Gasteiger partial charge in [-0.2, -0.15) is 0 Å². The monoisotopic (exact) mass is 382 g/mol. The third kappa shape index (κ3) is 8.12. The summed E-state index contributed by atoms with van der Waals surface area (Å²) in [6.07, 6.45) is 0.397. The Morgan fingerprint density at radius 1 is 0.964 bits per heavy atom. The van der Waals surface area contributed by atoms with E-state index in [9.17, 15) is 4.79 Å². The first kappa shape index (κ1) is 21.3. The van der Waals surface area contributed by atoms with E-state index in [-0.39, 0.29) is 0 Å². The van der Waals surface area contributed by atoms with E-state index in [1.807, 2.05) is 63.2 Å². The van der Waals surface area contributed by atoms with Crippen molar-refractivity contribution in [3.8, 4) is 0 Å². The highest BCUT2D eigenvalue weighted by Crippen LogP contribution is 2.13. The molecule has 3 N–H and O–H groups in total. The number of benzene rings is 2. The summed E-state index contributed by atoms with van der Waals surface area (Å²) < 4.78 is 5.25. The van der Waals surface area contributed by atoms with Crippen molar-refractivity contribution in [1.82, 2.24) is 10.6 Å². The van der Waals surface area contributed by atoms with Gasteiger partial charge in [-0.1, -0.05) is 42.5 Å². The molecule has 0 heterocycles. The molecular weight excluding hydrogens is 352 g/mol. The molecular formula is C22H30N4O2. The van der Waals surface area contributed by atoms with Gasteiger partial charge in [0.2, 0.25) is 0 Å². The van der Waals surface area contributed by atoms with Gasteiger partial charge in [-0.25, -0.2) is 4.79 Å². The number of nitrogens with zero attached hydrogens (tertiary/aromatic N) is 1. The van der Waals surface area contributed by atoms with Crippen molar-refractivity contribution < 1.29 is 9.53 Å². The topological polar surface area (TPSA) is 74.8 Å². The van der Waals surface area contributed by atoms with Gasteiger partial charge >= 0.3 is 6.09 Å². The Morgan fingerprint density at radius 3 is 2.25 bits per heavy atom. The maximum atomic E-state index is 11.8. The van der Waals surface area contributed by atoms with Crippen molar-refractivity contribution in [1.29, 1.82) is 0 Å². The maximum absolute atomic E-state index is 11.8. The Kier molecular flexibility index (Phi) is 7.87. The van der Waals surface area contributed by atoms with Crippen molar-refractivity contribution in [3.63, 3.8) is 0 Å². The van der Waals surface area contributed by atoms with Crippen molar-refractivity contribution >= 4 is 17.7 Å². The average Bonchev–Trinajstić information content (AvgIpc) is 2.65. The van der Waals surface area contributed by atoms with Crippen LogP contribution >= 0.6 is 0 Å². The predicted octanol–water partition coefficient (Wildman–Crippen LogP) is 3.94. The Bertz CT molecular complexity index is 765. The zero-order valence-corrected chi connectivity index (χ0v) is 17.1. The van der Waals surface area contributed by atoms with Crippen LogP contribution in [0.2, 0.25) is 0 Å². The van der Waals surface area contributed by atoms with E-state index < -0.39 is 11.7 Å². The molecule has 28 heavy (non-hydrogen) atoms. The summed E-state index contributed by atoms with van der Waals surface area (Å²) in [7, 11) is 1.76. The number of aliphatic imine (C=N–C) groups is 1. The number of ether oxygens (including phenoxy) is 1. The maximum Gasteiger partial charge on any atom is 0.412 e. The number of carbonyl (C=O) groups is 1. The molecule has 2 rings (SSSR count). The van der Waals surface area contributed by atoms with Crippen molar-refractivity contribution in [3.05, 3.63) is 65.7 Å². The number of rotatable bonds is 6. The van der Waals surface area contributed by atoms with Gasteiger partial charge in [-0.3, -0.25) is 10.3 Å². The van der Waals surface area contributed by atoms with Crippen LogP contribution in [0.15, 0.2) is 59.6 Å². The minimum absolute atomic E-state index is 0.449. The lowest BCUT2D eigenvalue weighted by atomic mass is 10.1. The lowest BCUT2D eigenvalue weighted by molar-refractivity contribution is 0.0636. The summed E-state index contributed by atoms with van der Waals surface area (Å²) in [5.41, 5.74) is 2.58. The summed E-state index contributed by atoms with van der Waals surface area (Å²) in [5.74, 6) is 0.770. The van der Waals surface area contributed by atoms with Crippen LogP contribution in [-0.2, 0) is 17.7 Å². The molecule has 0 saturated carbocycles. The molecule has 0 aliphatic carbocycles. The van der Waals surface area contributed by atoms with Gasteiger partial charge in [0.1, 0.15) is 5.60 Å². The first-order valence-electron chi connectivity index (χ1n) is 9.43. The second kappa shape index (κ2) is 10.3. The number of amides is 1. The van der Waals surface area contributed by atoms with E-state index in [4.69, 9.17) is 4.74 Å². The van der Waals surface area contributed by atoms with Crippen LogP contribution in [-0.4, -0.2) is 31.2 Å². The van der Waals surface area contributed by atoms with Crippen LogP contribution in [0.1, 0.15) is 31.9 Å². The molecule has 1 amide bonds. The summed E-state index contributed by atoms with van der Waals surface area (Å²) in [6.45, 7) is 7.00. The number of nitrogens with one attached hydrogen (secondary N) is 3. The highest BCUT2D eigenvalue weighted by atomic mass is 16.6. The van der Waals surface area contributed by atoms with E-state index in [1.165, 1.54) is 11.1 Å². The SMILES string of the molecule is CN=C(NCCc1ccc(NC(=O)OC(C)(C)C)cc1)NCc1ccccc1. The van der Waals surface area contributed by atoms with Crippen LogP contribution in [0.3, 0.4) is 0 Å². The van der Waals surface area contributed by atoms with Gasteiger partial charge in [0.15, 0.2) is 5.96 Å². The van der Waals surface area contributed by atoms with E-state index in [2.05, 4.69) is 33.1 Å². The van der Waals surface area contributed by atoms with E-state index >= 15 is 0 Å². The Hall–Kier alpha value is -3.02. The van der Waals surface area contributed by atoms with Gasteiger partial charge in [0.05, 0.1) is 0 Å². The van der Waals surface area contributed by atoms with Gasteiger partial charge in [0.25, 0.3) is 0 Å². The fraction of sp³-hybridized carbons (Fsp3) is 0.364. The lowest BCUT2D eigenvalue weighted by Gasteiger charge is -2.19. The van der Waals surface area contributed by atoms with Crippen molar-refractivity contribution in [2.75, 3.05) is 18.9 Å². The van der Waals surface area contributed by atoms with Crippen LogP contribution in [0.4, 0.5) is 10.5 Å². The van der Waals surface area contributed by atoms with Crippen LogP contribution in [0.25, 0.3) is 0 Å². The number of carbonyl (C=O) groups excluding carboxylic acids is 1. The fourth-order valence-electron chi connectivity index (χ4n) is 2.50. The fourth-order valence-corrected chi connectivity index (χ4v) is 2.50. The van der Waals surface area contributed by atoms with Crippen LogP contribution < -0.4 is 16.0 Å². The molecule has 0 aromatic heterocycles. The first-order valence-corrected chi connectivity index (χ1v) is 9.43. The predicted molar refractivity (Wildman–Crippen MR) is 115 cm³/mol. The average molecular weight is 383 g/mol. The Labute approximate surface area is 167 Å². The lowest BCUT2D eigenvalue weighted by Crippen LogP contribution is -2.37. The summed E-state index contributed by atoms with van der Waals surface area (Å²) in [4.78, 5) is 16.0. The molecule has 2 aromatic rings. The molecule has 0 radical (unpaired) electrons. The van der Waals surface area contributed by atoms with E-state index in [0.717, 1.165) is 25.5 Å². The van der Waals surface area contributed by atoms with Crippen molar-refractivity contribution in [2.45, 2.75) is 39.3 Å². The third-order valence-corrected chi connectivity index (χ3v) is 3.83. The van der Waals surface area contributed by atoms with E-state index in [0.29, 0.717) is 5.69 Å². The summed E-state index contributed by atoms with van der Waals surface area (Å²) in [5, 5.41) is 9.34. The molecule has 6 nitrogen and oxygen atoms in total. The van der Waals surface area contributed by atoms with Crippen LogP contribution in [0, 0.1) is 0 Å². The molecule has 0 aliphatic rings. The largest absolute Gasteiger partial charge is 0.444 e. The van der Waals surface area contributed by atoms with Gasteiger partial charge < -0.3 is 15.4 Å². The number of guanidine groups is 1. The molecule has 0 bridgehead atoms. The number of anilines is 1. The van der Waals surface area contributed by atoms with Crippen LogP contribution in [0.5, 0.6) is 0 Å². The molecule has 2 aromatic carbocycles. The van der Waals surface area contributed by atoms with Gasteiger partial charge in [-0.05, 0) is 50.5 Å². The molecule has 0 unspecified atom stereocenters. The van der Waals surface area contributed by atoms with E-state index in [1.54, 1.807) is 7.05 Å². The molecule has 0 saturated heterocycles. The Balaban J connectivity index is 1.74. The van der Waals surface area contributed by atoms with Gasteiger partial charge in [0, 0.05) is 25.8 Å². The minimum atomic E-state index is -0.511. The Morgan fingerprint density at radius 2 is 1.64 bits per heavy atom. The first-order chi connectivity index (χ1) is 13.4. The molecule has 0 atom stereocenters. The molecule has 0 spiro atoms. The highest BCUT2D eigenvalue weighted by Gasteiger charge is 2.16. The second-order valence-electron chi connectivity index (χ2n) is 7.41. The number of hydrogen-bond acceptors (Lipinski definition) is 3. The van der Waals surface area contributed by atoms with Gasteiger partial charge in [-0.15, -0.1) is 0 Å². The smallest absolute Gasteiger partial charge is 0.412 e.